The number of aliphatic hydroxyl groups excluding tert-OH is 3. The average molecular weight is 597 g/mol. The molecule has 0 rings (SSSR count). The van der Waals surface area contributed by atoms with Crippen LogP contribution in [0.15, 0.2) is 24.3 Å². The lowest BCUT2D eigenvalue weighted by Gasteiger charge is -2.19. The molecule has 4 atom stereocenters. The van der Waals surface area contributed by atoms with Crippen LogP contribution < -0.4 is 0 Å². The van der Waals surface area contributed by atoms with Gasteiger partial charge < -0.3 is 15.3 Å². The first-order valence-corrected chi connectivity index (χ1v) is 18.2. The largest absolute Gasteiger partial charge is 0.394 e. The van der Waals surface area contributed by atoms with Gasteiger partial charge in [0.05, 0.1) is 12.5 Å². The molecule has 41 heavy (non-hydrogen) atoms. The number of carbonyl (C=O) groups is 2. The van der Waals surface area contributed by atoms with Gasteiger partial charge in [-0.15, -0.1) is 0 Å². The van der Waals surface area contributed by atoms with Gasteiger partial charge in [0.15, 0.2) is 5.52 Å². The molecule has 0 aliphatic carbocycles. The van der Waals surface area contributed by atoms with Crippen LogP contribution in [0.5, 0.6) is 0 Å². The van der Waals surface area contributed by atoms with Crippen molar-refractivity contribution in [2.24, 2.45) is 5.92 Å². The van der Waals surface area contributed by atoms with Crippen molar-refractivity contribution in [1.82, 2.24) is 0 Å². The van der Waals surface area contributed by atoms with Gasteiger partial charge in [-0.2, -0.15) is 0 Å². The van der Waals surface area contributed by atoms with Gasteiger partial charge >= 0.3 is 0 Å². The predicted molar refractivity (Wildman–Crippen MR) is 177 cm³/mol. The Kier molecular flexibility index (Phi) is 29.9. The van der Waals surface area contributed by atoms with Crippen LogP contribution in [0, 0.1) is 5.92 Å². The Morgan fingerprint density at radius 1 is 0.610 bits per heavy atom. The van der Waals surface area contributed by atoms with Crippen molar-refractivity contribution in [2.45, 2.75) is 173 Å². The Morgan fingerprint density at radius 2 is 1.05 bits per heavy atom. The Hall–Kier alpha value is -0.870. The van der Waals surface area contributed by atoms with Crippen molar-refractivity contribution >= 4 is 19.9 Å². The minimum atomic E-state index is -1.34. The first-order chi connectivity index (χ1) is 20.0. The van der Waals surface area contributed by atoms with Crippen molar-refractivity contribution in [2.75, 3.05) is 6.61 Å². The molecule has 0 aromatic heterocycles. The van der Waals surface area contributed by atoms with Crippen LogP contribution in [0.1, 0.15) is 162 Å². The van der Waals surface area contributed by atoms with Crippen molar-refractivity contribution in [1.29, 1.82) is 0 Å². The first kappa shape index (κ1) is 40.1. The van der Waals surface area contributed by atoms with Crippen molar-refractivity contribution < 1.29 is 24.9 Å². The smallest absolute Gasteiger partial charge is 0.164 e. The van der Waals surface area contributed by atoms with Gasteiger partial charge in [0, 0.05) is 6.42 Å². The summed E-state index contributed by atoms with van der Waals surface area (Å²) in [6.45, 7) is 3.86. The molecular weight excluding hydrogens is 531 g/mol. The number of ketones is 1. The summed E-state index contributed by atoms with van der Waals surface area (Å²) in [5.74, 6) is -2.02. The Bertz CT molecular complexity index is 663. The third-order valence-corrected chi connectivity index (χ3v) is 9.05. The van der Waals surface area contributed by atoms with Gasteiger partial charge in [0.1, 0.15) is 17.7 Å². The maximum atomic E-state index is 13.0. The molecule has 6 heteroatoms. The highest BCUT2D eigenvalue weighted by atomic mass is 31.1. The summed E-state index contributed by atoms with van der Waals surface area (Å²) in [7, 11) is -0.574. The highest BCUT2D eigenvalue weighted by molar-refractivity contribution is 7.58. The van der Waals surface area contributed by atoms with E-state index in [1.54, 1.807) is 0 Å². The number of aliphatic hydroxyl groups is 3. The number of hydrogen-bond donors (Lipinski definition) is 3. The number of Topliss-reactive ketones (excluding diaryl/α,β-unsaturated/α-hetero) is 1. The topological polar surface area (TPSA) is 94.8 Å². The molecule has 0 radical (unpaired) electrons. The van der Waals surface area contributed by atoms with E-state index < -0.39 is 33.1 Å². The summed E-state index contributed by atoms with van der Waals surface area (Å²) < 4.78 is 0. The molecule has 0 saturated carbocycles. The van der Waals surface area contributed by atoms with Crippen LogP contribution in [0.3, 0.4) is 0 Å². The molecule has 0 bridgehead atoms. The monoisotopic (exact) mass is 596 g/mol. The maximum Gasteiger partial charge on any atom is 0.164 e. The molecule has 0 aliphatic heterocycles. The number of allylic oxidation sites excluding steroid dienone is 4. The standard InChI is InChI=1S/C35H65O5P/c1-3-5-7-9-11-13-15-16-17-19-20-22-24-26-28-31(34(39)41-35(40)33(38)30-36)32(37)29-27-25-23-21-18-14-12-10-8-6-4-2/h10,12,16-17,31,33,35-36,38,40-41H,3-9,11,13-15,18-30H2,1-2H3. The molecule has 0 aromatic carbocycles. The summed E-state index contributed by atoms with van der Waals surface area (Å²) in [5, 5.41) is 28.8. The van der Waals surface area contributed by atoms with E-state index >= 15 is 0 Å². The van der Waals surface area contributed by atoms with Crippen LogP contribution in [0.2, 0.25) is 0 Å². The molecule has 3 N–H and O–H groups in total. The van der Waals surface area contributed by atoms with Gasteiger partial charge in [-0.05, 0) is 66.4 Å². The molecule has 5 nitrogen and oxygen atoms in total. The molecule has 0 heterocycles. The summed E-state index contributed by atoms with van der Waals surface area (Å²) in [6.07, 6.45) is 33.0. The van der Waals surface area contributed by atoms with Crippen LogP contribution in [0.25, 0.3) is 0 Å². The van der Waals surface area contributed by atoms with Crippen molar-refractivity contribution in [3.8, 4) is 0 Å². The van der Waals surface area contributed by atoms with Crippen LogP contribution >= 0.6 is 8.58 Å². The van der Waals surface area contributed by atoms with E-state index in [-0.39, 0.29) is 11.3 Å². The zero-order valence-electron chi connectivity index (χ0n) is 26.7. The first-order valence-electron chi connectivity index (χ1n) is 17.1. The summed E-state index contributed by atoms with van der Waals surface area (Å²) in [5.41, 5.74) is -0.275. The van der Waals surface area contributed by atoms with E-state index in [1.165, 1.54) is 70.6 Å². The lowest BCUT2D eigenvalue weighted by molar-refractivity contribution is -0.129. The quantitative estimate of drug-likeness (QED) is 0.0321. The van der Waals surface area contributed by atoms with E-state index in [2.05, 4.69) is 38.2 Å². The van der Waals surface area contributed by atoms with Gasteiger partial charge in [0.25, 0.3) is 0 Å². The zero-order chi connectivity index (χ0) is 30.4. The van der Waals surface area contributed by atoms with Crippen LogP contribution in [-0.4, -0.2) is 45.2 Å². The molecular formula is C35H65O5P. The van der Waals surface area contributed by atoms with E-state index in [0.29, 0.717) is 12.8 Å². The van der Waals surface area contributed by atoms with E-state index in [1.807, 2.05) is 0 Å². The lowest BCUT2D eigenvalue weighted by atomic mass is 9.94. The number of unbranched alkanes of at least 4 members (excludes halogenated alkanes) is 17. The Labute approximate surface area is 254 Å². The van der Waals surface area contributed by atoms with E-state index in [0.717, 1.165) is 64.2 Å². The predicted octanol–water partition coefficient (Wildman–Crippen LogP) is 9.17. The molecule has 240 valence electrons. The SMILES string of the molecule is CCCCC=CCCCCCCCC(=O)C(CCCCCCC=CCCCCCCCC)C(=O)PC(O)C(O)CO. The second kappa shape index (κ2) is 30.6. The maximum absolute atomic E-state index is 13.0. The van der Waals surface area contributed by atoms with Crippen molar-refractivity contribution in [3.05, 3.63) is 24.3 Å². The second-order valence-electron chi connectivity index (χ2n) is 11.7. The third kappa shape index (κ3) is 25.4. The normalized spacial score (nSPS) is 14.5. The number of rotatable bonds is 31. The highest BCUT2D eigenvalue weighted by Crippen LogP contribution is 2.29. The highest BCUT2D eigenvalue weighted by Gasteiger charge is 2.29. The second-order valence-corrected chi connectivity index (χ2v) is 13.0. The summed E-state index contributed by atoms with van der Waals surface area (Å²) in [4.78, 5) is 25.9. The van der Waals surface area contributed by atoms with Gasteiger partial charge in [-0.1, -0.05) is 122 Å². The Balaban J connectivity index is 4.30. The van der Waals surface area contributed by atoms with Crippen LogP contribution in [0.4, 0.5) is 0 Å². The molecule has 0 saturated heterocycles. The number of carbonyl (C=O) groups excluding carboxylic acids is 2. The fraction of sp³-hybridized carbons (Fsp3) is 0.829. The fourth-order valence-electron chi connectivity index (χ4n) is 4.95. The summed E-state index contributed by atoms with van der Waals surface area (Å²) in [6, 6.07) is 0. The lowest BCUT2D eigenvalue weighted by Crippen LogP contribution is -2.29. The molecule has 0 aromatic rings. The Morgan fingerprint density at radius 3 is 1.56 bits per heavy atom. The minimum absolute atomic E-state index is 0.0235. The third-order valence-electron chi connectivity index (χ3n) is 7.74. The minimum Gasteiger partial charge on any atom is -0.394 e. The van der Waals surface area contributed by atoms with E-state index in [4.69, 9.17) is 5.11 Å². The molecule has 0 fully saturated rings. The average Bonchev–Trinajstić information content (AvgIpc) is 2.97. The van der Waals surface area contributed by atoms with Gasteiger partial charge in [-0.25, -0.2) is 0 Å². The van der Waals surface area contributed by atoms with Gasteiger partial charge in [0.2, 0.25) is 0 Å². The molecule has 4 unspecified atom stereocenters. The van der Waals surface area contributed by atoms with Crippen LogP contribution in [-0.2, 0) is 9.59 Å². The zero-order valence-corrected chi connectivity index (χ0v) is 27.7. The molecule has 0 aliphatic rings. The molecule has 0 spiro atoms. The molecule has 0 amide bonds. The number of hydrogen-bond acceptors (Lipinski definition) is 5. The van der Waals surface area contributed by atoms with E-state index in [9.17, 15) is 19.8 Å². The fourth-order valence-corrected chi connectivity index (χ4v) is 6.04. The summed E-state index contributed by atoms with van der Waals surface area (Å²) >= 11 is 0. The van der Waals surface area contributed by atoms with Crippen molar-refractivity contribution in [3.63, 3.8) is 0 Å². The van der Waals surface area contributed by atoms with Gasteiger partial charge in [-0.3, -0.25) is 9.59 Å².